The lowest BCUT2D eigenvalue weighted by Crippen LogP contribution is -2.43. The van der Waals surface area contributed by atoms with Crippen LogP contribution in [0.25, 0.3) is 5.65 Å². The van der Waals surface area contributed by atoms with E-state index in [0.717, 1.165) is 41.9 Å². The van der Waals surface area contributed by atoms with E-state index in [-0.39, 0.29) is 30.3 Å². The van der Waals surface area contributed by atoms with Gasteiger partial charge in [-0.25, -0.2) is 9.37 Å². The summed E-state index contributed by atoms with van der Waals surface area (Å²) in [6, 6.07) is 9.72. The number of hydrogen-bond acceptors (Lipinski definition) is 4. The molecule has 1 aliphatic heterocycles. The number of rotatable bonds is 6. The number of carbonyl (C=O) groups is 1. The van der Waals surface area contributed by atoms with Gasteiger partial charge in [-0.2, -0.15) is 13.2 Å². The first-order valence-corrected chi connectivity index (χ1v) is 13.4. The Balaban J connectivity index is 1.40. The largest absolute Gasteiger partial charge is 0.482 e. The third-order valence-corrected chi connectivity index (χ3v) is 7.67. The van der Waals surface area contributed by atoms with Crippen molar-refractivity contribution in [3.05, 3.63) is 93.9 Å². The van der Waals surface area contributed by atoms with Gasteiger partial charge in [0.05, 0.1) is 22.6 Å². The molecule has 208 valence electrons. The Hall–Kier alpha value is -3.95. The van der Waals surface area contributed by atoms with E-state index in [1.54, 1.807) is 18.2 Å². The minimum Gasteiger partial charge on any atom is -0.482 e. The van der Waals surface area contributed by atoms with Gasteiger partial charge >= 0.3 is 6.18 Å². The molecule has 6 rings (SSSR count). The zero-order valence-corrected chi connectivity index (χ0v) is 22.1. The van der Waals surface area contributed by atoms with Crippen LogP contribution in [0.1, 0.15) is 71.2 Å². The first-order valence-electron chi connectivity index (χ1n) is 13.4. The Morgan fingerprint density at radius 2 is 1.90 bits per heavy atom. The first kappa shape index (κ1) is 26.3. The number of ether oxygens (including phenoxy) is 1. The Bertz CT molecular complexity index is 1610. The van der Waals surface area contributed by atoms with Crippen molar-refractivity contribution in [1.29, 1.82) is 0 Å². The fourth-order valence-corrected chi connectivity index (χ4v) is 5.49. The van der Waals surface area contributed by atoms with Gasteiger partial charge in [0.15, 0.2) is 6.61 Å². The van der Waals surface area contributed by atoms with Gasteiger partial charge in [0.2, 0.25) is 0 Å². The Morgan fingerprint density at radius 3 is 2.60 bits per heavy atom. The highest BCUT2D eigenvalue weighted by Gasteiger charge is 2.39. The summed E-state index contributed by atoms with van der Waals surface area (Å²) in [7, 11) is 0. The van der Waals surface area contributed by atoms with Gasteiger partial charge in [-0.15, -0.1) is 0 Å². The van der Waals surface area contributed by atoms with Crippen molar-refractivity contribution in [3.63, 3.8) is 0 Å². The third kappa shape index (κ3) is 4.80. The normalized spacial score (nSPS) is 17.2. The smallest absolute Gasteiger partial charge is 0.416 e. The molecule has 0 saturated heterocycles. The molecule has 1 aromatic carbocycles. The van der Waals surface area contributed by atoms with E-state index < -0.39 is 23.6 Å². The van der Waals surface area contributed by atoms with Gasteiger partial charge in [0, 0.05) is 30.4 Å². The second-order valence-corrected chi connectivity index (χ2v) is 10.4. The second-order valence-electron chi connectivity index (χ2n) is 10.4. The monoisotopic (exact) mass is 552 g/mol. The fraction of sp³-hybridized carbons (Fsp3) is 0.367. The summed E-state index contributed by atoms with van der Waals surface area (Å²) in [5.74, 6) is 0.0128. The Morgan fingerprint density at radius 1 is 1.10 bits per heavy atom. The lowest BCUT2D eigenvalue weighted by molar-refractivity contribution is -0.137. The second kappa shape index (κ2) is 9.91. The van der Waals surface area contributed by atoms with E-state index >= 15 is 4.39 Å². The average molecular weight is 553 g/mol. The number of alkyl halides is 3. The molecule has 0 radical (unpaired) electrons. The highest BCUT2D eigenvalue weighted by Crippen LogP contribution is 2.43. The third-order valence-electron chi connectivity index (χ3n) is 7.67. The van der Waals surface area contributed by atoms with Crippen molar-refractivity contribution in [2.75, 3.05) is 13.2 Å². The molecule has 1 unspecified atom stereocenters. The molecule has 10 heteroatoms. The quantitative estimate of drug-likeness (QED) is 0.268. The predicted molar refractivity (Wildman–Crippen MR) is 140 cm³/mol. The maximum atomic E-state index is 15.7. The minimum absolute atomic E-state index is 0.101. The maximum absolute atomic E-state index is 15.7. The number of aryl methyl sites for hydroxylation is 2. The highest BCUT2D eigenvalue weighted by atomic mass is 19.4. The van der Waals surface area contributed by atoms with Crippen molar-refractivity contribution < 1.29 is 27.1 Å². The number of fused-ring (bicyclic) bond motifs is 3. The lowest BCUT2D eigenvalue weighted by atomic mass is 9.93. The highest BCUT2D eigenvalue weighted by molar-refractivity contribution is 5.79. The predicted octanol–water partition coefficient (Wildman–Crippen LogP) is 6.19. The van der Waals surface area contributed by atoms with Crippen molar-refractivity contribution in [2.45, 2.75) is 57.7 Å². The molecule has 6 nitrogen and oxygen atoms in total. The van der Waals surface area contributed by atoms with Crippen LogP contribution in [0, 0.1) is 12.7 Å². The van der Waals surface area contributed by atoms with Crippen LogP contribution < -0.4 is 4.74 Å². The summed E-state index contributed by atoms with van der Waals surface area (Å²) in [6.07, 6.45) is -0.271. The van der Waals surface area contributed by atoms with Gasteiger partial charge in [0.25, 0.3) is 5.91 Å². The number of hydrogen-bond donors (Lipinski definition) is 0. The van der Waals surface area contributed by atoms with Crippen LogP contribution in [0.2, 0.25) is 0 Å². The summed E-state index contributed by atoms with van der Waals surface area (Å²) in [4.78, 5) is 24.1. The minimum atomic E-state index is -4.53. The average Bonchev–Trinajstić information content (AvgIpc) is 3.71. The van der Waals surface area contributed by atoms with Gasteiger partial charge in [-0.1, -0.05) is 19.1 Å². The summed E-state index contributed by atoms with van der Waals surface area (Å²) in [6.45, 7) is 3.75. The molecule has 40 heavy (non-hydrogen) atoms. The van der Waals surface area contributed by atoms with Crippen LogP contribution in [0.5, 0.6) is 5.75 Å². The number of benzene rings is 1. The van der Waals surface area contributed by atoms with Crippen LogP contribution in [0.4, 0.5) is 17.6 Å². The van der Waals surface area contributed by atoms with Crippen molar-refractivity contribution in [2.24, 2.45) is 0 Å². The Labute approximate surface area is 228 Å². The summed E-state index contributed by atoms with van der Waals surface area (Å²) in [5, 5.41) is 0. The summed E-state index contributed by atoms with van der Waals surface area (Å²) < 4.78 is 63.4. The molecule has 1 saturated carbocycles. The molecule has 1 aliphatic carbocycles. The molecular formula is C30H28F4N4O2. The van der Waals surface area contributed by atoms with Crippen LogP contribution in [-0.2, 0) is 23.8 Å². The van der Waals surface area contributed by atoms with Gasteiger partial charge in [-0.3, -0.25) is 9.78 Å². The maximum Gasteiger partial charge on any atom is 0.416 e. The fourth-order valence-electron chi connectivity index (χ4n) is 5.49. The number of imidazole rings is 1. The Kier molecular flexibility index (Phi) is 6.51. The zero-order chi connectivity index (χ0) is 28.2. The number of aromatic nitrogens is 3. The number of nitrogens with zero attached hydrogens (tertiary/aromatic N) is 4. The molecule has 3 aromatic heterocycles. The van der Waals surface area contributed by atoms with Crippen LogP contribution in [0.15, 0.2) is 48.7 Å². The van der Waals surface area contributed by atoms with E-state index in [2.05, 4.69) is 9.97 Å². The van der Waals surface area contributed by atoms with E-state index in [0.29, 0.717) is 35.9 Å². The standard InChI is InChI=1S/C30H28F4N4O2/c1-3-23-25(9-4-17(2)35-23)40-16-27(39)38-13-11-24-29(37-12-10-20(30(32,33)34)15-26(37)36-24)28(38)21-8-7-19(14-22(21)31)18-5-6-18/h4,7-10,12,14-15,18,28H,3,5-6,11,13,16H2,1-2H3. The lowest BCUT2D eigenvalue weighted by Gasteiger charge is -2.36. The van der Waals surface area contributed by atoms with E-state index in [4.69, 9.17) is 4.74 Å². The van der Waals surface area contributed by atoms with Gasteiger partial charge in [0.1, 0.15) is 23.3 Å². The molecular weight excluding hydrogens is 524 g/mol. The van der Waals surface area contributed by atoms with Crippen molar-refractivity contribution in [3.8, 4) is 5.75 Å². The molecule has 4 aromatic rings. The number of pyridine rings is 2. The van der Waals surface area contributed by atoms with Crippen LogP contribution in [0.3, 0.4) is 0 Å². The first-order chi connectivity index (χ1) is 19.1. The van der Waals surface area contributed by atoms with Crippen molar-refractivity contribution in [1.82, 2.24) is 19.3 Å². The van der Waals surface area contributed by atoms with Crippen LogP contribution >= 0.6 is 0 Å². The van der Waals surface area contributed by atoms with Crippen molar-refractivity contribution >= 4 is 11.6 Å². The summed E-state index contributed by atoms with van der Waals surface area (Å²) in [5.41, 5.74) is 3.04. The zero-order valence-electron chi connectivity index (χ0n) is 22.1. The molecule has 0 bridgehead atoms. The summed E-state index contributed by atoms with van der Waals surface area (Å²) >= 11 is 0. The SMILES string of the molecule is CCc1nc(C)ccc1OCC(=O)N1CCc2nc3cc(C(F)(F)F)ccn3c2C1c1ccc(C2CC2)cc1F. The van der Waals surface area contributed by atoms with Crippen LogP contribution in [-0.4, -0.2) is 38.3 Å². The number of halogens is 4. The van der Waals surface area contributed by atoms with E-state index in [9.17, 15) is 18.0 Å². The van der Waals surface area contributed by atoms with E-state index in [1.807, 2.05) is 19.9 Å². The van der Waals surface area contributed by atoms with E-state index in [1.165, 1.54) is 21.6 Å². The number of carbonyl (C=O) groups excluding carboxylic acids is 1. The molecule has 1 fully saturated rings. The molecule has 0 spiro atoms. The van der Waals surface area contributed by atoms with Gasteiger partial charge < -0.3 is 14.0 Å². The number of amides is 1. The molecule has 4 heterocycles. The molecule has 1 amide bonds. The topological polar surface area (TPSA) is 59.7 Å². The van der Waals surface area contributed by atoms with Gasteiger partial charge in [-0.05, 0) is 68.0 Å². The molecule has 0 N–H and O–H groups in total. The molecule has 2 aliphatic rings. The molecule has 1 atom stereocenters.